The van der Waals surface area contributed by atoms with Crippen LogP contribution in [0.4, 0.5) is 13.2 Å². The average molecular weight is 194 g/mol. The third-order valence-corrected chi connectivity index (χ3v) is 1.29. The summed E-state index contributed by atoms with van der Waals surface area (Å²) in [6.45, 7) is 0.260. The van der Waals surface area contributed by atoms with Gasteiger partial charge in [-0.3, -0.25) is 0 Å². The zero-order valence-electron chi connectivity index (χ0n) is 7.22. The van der Waals surface area contributed by atoms with E-state index in [0.29, 0.717) is 6.26 Å². The molecule has 1 rings (SSSR count). The first-order valence-corrected chi connectivity index (χ1v) is 3.56. The fraction of sp³-hybridized carbons (Fsp3) is 0.571. The van der Waals surface area contributed by atoms with Crippen LogP contribution in [-0.4, -0.2) is 24.0 Å². The lowest BCUT2D eigenvalue weighted by atomic mass is 10.5. The summed E-state index contributed by atoms with van der Waals surface area (Å²) in [5, 5.41) is 0. The van der Waals surface area contributed by atoms with Crippen molar-refractivity contribution in [3.63, 3.8) is 0 Å². The van der Waals surface area contributed by atoms with Crippen molar-refractivity contribution in [2.75, 3.05) is 14.1 Å². The molecule has 0 radical (unpaired) electrons. The topological polar surface area (TPSA) is 29.3 Å². The second-order valence-corrected chi connectivity index (χ2v) is 2.86. The summed E-state index contributed by atoms with van der Waals surface area (Å²) in [6.07, 6.45) is -3.80. The Bertz CT molecular complexity index is 280. The summed E-state index contributed by atoms with van der Waals surface area (Å²) < 4.78 is 40.6. The highest BCUT2D eigenvalue weighted by Crippen LogP contribution is 2.28. The van der Waals surface area contributed by atoms with E-state index in [2.05, 4.69) is 9.40 Å². The molecule has 0 saturated heterocycles. The lowest BCUT2D eigenvalue weighted by molar-refractivity contribution is -0.141. The van der Waals surface area contributed by atoms with Gasteiger partial charge in [0.25, 0.3) is 0 Å². The first-order chi connectivity index (χ1) is 5.89. The van der Waals surface area contributed by atoms with Gasteiger partial charge in [0.05, 0.1) is 6.54 Å². The lowest BCUT2D eigenvalue weighted by Gasteiger charge is -2.04. The fourth-order valence-corrected chi connectivity index (χ4v) is 0.784. The Hall–Kier alpha value is -1.04. The van der Waals surface area contributed by atoms with Crippen LogP contribution in [0.3, 0.4) is 0 Å². The van der Waals surface area contributed by atoms with Crippen molar-refractivity contribution < 1.29 is 17.6 Å². The molecule has 1 aromatic rings. The quantitative estimate of drug-likeness (QED) is 0.718. The van der Waals surface area contributed by atoms with E-state index < -0.39 is 11.9 Å². The summed E-state index contributed by atoms with van der Waals surface area (Å²) in [5.74, 6) is 0.0670. The fourth-order valence-electron chi connectivity index (χ4n) is 0.784. The molecule has 1 heterocycles. The van der Waals surface area contributed by atoms with Gasteiger partial charge in [-0.1, -0.05) is 0 Å². The molecule has 0 bridgehead atoms. The Morgan fingerprint density at radius 2 is 2.08 bits per heavy atom. The SMILES string of the molecule is CN(C)Cc1nc(C(F)(F)F)co1. The van der Waals surface area contributed by atoms with E-state index in [1.54, 1.807) is 19.0 Å². The molecular formula is C7H9F3N2O. The molecule has 0 aromatic carbocycles. The average Bonchev–Trinajstić information content (AvgIpc) is 2.32. The van der Waals surface area contributed by atoms with Gasteiger partial charge in [-0.05, 0) is 14.1 Å². The van der Waals surface area contributed by atoms with Crippen LogP contribution < -0.4 is 0 Å². The highest BCUT2D eigenvalue weighted by Gasteiger charge is 2.34. The van der Waals surface area contributed by atoms with Gasteiger partial charge in [-0.15, -0.1) is 0 Å². The normalized spacial score (nSPS) is 12.5. The van der Waals surface area contributed by atoms with E-state index in [1.165, 1.54) is 0 Å². The Balaban J connectivity index is 2.75. The minimum Gasteiger partial charge on any atom is -0.447 e. The molecule has 0 saturated carbocycles. The maximum Gasteiger partial charge on any atom is 0.436 e. The summed E-state index contributed by atoms with van der Waals surface area (Å²) in [4.78, 5) is 4.96. The van der Waals surface area contributed by atoms with Crippen molar-refractivity contribution in [3.05, 3.63) is 17.8 Å². The van der Waals surface area contributed by atoms with Gasteiger partial charge < -0.3 is 9.32 Å². The number of nitrogens with zero attached hydrogens (tertiary/aromatic N) is 2. The van der Waals surface area contributed by atoms with Gasteiger partial charge in [-0.25, -0.2) is 4.98 Å². The van der Waals surface area contributed by atoms with Crippen LogP contribution in [0.25, 0.3) is 0 Å². The summed E-state index contributed by atoms with van der Waals surface area (Å²) in [7, 11) is 3.44. The second-order valence-electron chi connectivity index (χ2n) is 2.86. The van der Waals surface area contributed by atoms with Gasteiger partial charge in [-0.2, -0.15) is 13.2 Å². The van der Waals surface area contributed by atoms with Crippen LogP contribution in [0.15, 0.2) is 10.7 Å². The molecule has 0 aliphatic carbocycles. The zero-order valence-corrected chi connectivity index (χ0v) is 7.22. The number of oxazole rings is 1. The second kappa shape index (κ2) is 3.37. The Morgan fingerprint density at radius 3 is 2.46 bits per heavy atom. The number of aromatic nitrogens is 1. The van der Waals surface area contributed by atoms with Crippen LogP contribution in [0, 0.1) is 0 Å². The van der Waals surface area contributed by atoms with Crippen LogP contribution >= 0.6 is 0 Å². The molecule has 0 aliphatic rings. The van der Waals surface area contributed by atoms with E-state index in [1.807, 2.05) is 0 Å². The van der Waals surface area contributed by atoms with Gasteiger partial charge in [0.2, 0.25) is 5.89 Å². The van der Waals surface area contributed by atoms with Crippen molar-refractivity contribution >= 4 is 0 Å². The maximum atomic E-state index is 12.0. The number of hydrogen-bond donors (Lipinski definition) is 0. The molecule has 13 heavy (non-hydrogen) atoms. The van der Waals surface area contributed by atoms with Gasteiger partial charge in [0, 0.05) is 0 Å². The van der Waals surface area contributed by atoms with E-state index in [9.17, 15) is 13.2 Å². The standard InChI is InChI=1S/C7H9F3N2O/c1-12(2)3-6-11-5(4-13-6)7(8,9)10/h4H,3H2,1-2H3. The predicted octanol–water partition coefficient (Wildman–Crippen LogP) is 1.75. The van der Waals surface area contributed by atoms with E-state index in [-0.39, 0.29) is 12.4 Å². The molecule has 1 aromatic heterocycles. The molecule has 6 heteroatoms. The molecule has 0 fully saturated rings. The van der Waals surface area contributed by atoms with Crippen molar-refractivity contribution in [3.8, 4) is 0 Å². The molecule has 0 unspecified atom stereocenters. The number of halogens is 3. The van der Waals surface area contributed by atoms with Crippen LogP contribution in [0.2, 0.25) is 0 Å². The number of alkyl halides is 3. The van der Waals surface area contributed by atoms with Gasteiger partial charge in [0.1, 0.15) is 6.26 Å². The minimum atomic E-state index is -4.42. The largest absolute Gasteiger partial charge is 0.447 e. The maximum absolute atomic E-state index is 12.0. The van der Waals surface area contributed by atoms with E-state index in [0.717, 1.165) is 0 Å². The summed E-state index contributed by atoms with van der Waals surface area (Å²) in [6, 6.07) is 0. The Labute approximate surface area is 73.2 Å². The highest BCUT2D eigenvalue weighted by molar-refractivity contribution is 5.00. The van der Waals surface area contributed by atoms with Crippen molar-refractivity contribution in [2.45, 2.75) is 12.7 Å². The third kappa shape index (κ3) is 2.73. The summed E-state index contributed by atoms with van der Waals surface area (Å²) >= 11 is 0. The van der Waals surface area contributed by atoms with Crippen molar-refractivity contribution in [2.24, 2.45) is 0 Å². The van der Waals surface area contributed by atoms with Crippen molar-refractivity contribution in [1.82, 2.24) is 9.88 Å². The molecule has 3 nitrogen and oxygen atoms in total. The molecule has 0 aliphatic heterocycles. The highest BCUT2D eigenvalue weighted by atomic mass is 19.4. The first-order valence-electron chi connectivity index (χ1n) is 3.56. The van der Waals surface area contributed by atoms with E-state index >= 15 is 0 Å². The molecule has 0 atom stereocenters. The van der Waals surface area contributed by atoms with E-state index in [4.69, 9.17) is 0 Å². The third-order valence-electron chi connectivity index (χ3n) is 1.29. The molecular weight excluding hydrogens is 185 g/mol. The zero-order chi connectivity index (χ0) is 10.1. The Morgan fingerprint density at radius 1 is 1.46 bits per heavy atom. The molecule has 0 amide bonds. The van der Waals surface area contributed by atoms with Crippen molar-refractivity contribution in [1.29, 1.82) is 0 Å². The Kier molecular flexibility index (Phi) is 2.60. The molecule has 74 valence electrons. The first kappa shape index (κ1) is 10.0. The van der Waals surface area contributed by atoms with Crippen LogP contribution in [0.1, 0.15) is 11.6 Å². The predicted molar refractivity (Wildman–Crippen MR) is 38.9 cm³/mol. The lowest BCUT2D eigenvalue weighted by Crippen LogP contribution is -2.11. The molecule has 0 N–H and O–H groups in total. The number of rotatable bonds is 2. The van der Waals surface area contributed by atoms with Gasteiger partial charge in [0.15, 0.2) is 5.69 Å². The smallest absolute Gasteiger partial charge is 0.436 e. The minimum absolute atomic E-state index is 0.0670. The molecule has 0 spiro atoms. The number of hydrogen-bond acceptors (Lipinski definition) is 3. The van der Waals surface area contributed by atoms with Crippen LogP contribution in [-0.2, 0) is 12.7 Å². The monoisotopic (exact) mass is 194 g/mol. The van der Waals surface area contributed by atoms with Gasteiger partial charge >= 0.3 is 6.18 Å². The van der Waals surface area contributed by atoms with Crippen LogP contribution in [0.5, 0.6) is 0 Å². The summed E-state index contributed by atoms with van der Waals surface area (Å²) in [5.41, 5.74) is -0.982.